The number of hydrogen-bond donors (Lipinski definition) is 2. The number of morpholine rings is 1. The molecule has 182 valence electrons. The lowest BCUT2D eigenvalue weighted by Crippen LogP contribution is -2.45. The minimum absolute atomic E-state index is 0.0415. The zero-order chi connectivity index (χ0) is 24.1. The average Bonchev–Trinajstić information content (AvgIpc) is 3.44. The first-order chi connectivity index (χ1) is 16.2. The number of ether oxygens (including phenoxy) is 1. The molecule has 3 fully saturated rings. The molecule has 2 amide bonds. The quantitative estimate of drug-likeness (QED) is 0.619. The molecule has 2 bridgehead atoms. The monoisotopic (exact) mass is 469 g/mol. The highest BCUT2D eigenvalue weighted by molar-refractivity contribution is 5.97. The average molecular weight is 470 g/mol. The van der Waals surface area contributed by atoms with E-state index in [1.54, 1.807) is 17.9 Å². The second-order valence-corrected chi connectivity index (χ2v) is 10.0. The number of amides is 2. The van der Waals surface area contributed by atoms with Crippen molar-refractivity contribution in [1.82, 2.24) is 24.4 Å². The molecule has 0 aromatic carbocycles. The first kappa shape index (κ1) is 22.6. The van der Waals surface area contributed by atoms with E-state index in [-0.39, 0.29) is 35.6 Å². The molecule has 0 spiro atoms. The lowest BCUT2D eigenvalue weighted by molar-refractivity contribution is -0.134. The Morgan fingerprint density at radius 1 is 1.21 bits per heavy atom. The summed E-state index contributed by atoms with van der Waals surface area (Å²) >= 11 is 0. The third-order valence-corrected chi connectivity index (χ3v) is 6.66. The van der Waals surface area contributed by atoms with Gasteiger partial charge in [0.25, 0.3) is 11.5 Å². The fourth-order valence-electron chi connectivity index (χ4n) is 4.84. The van der Waals surface area contributed by atoms with Crippen molar-refractivity contribution in [3.8, 4) is 5.88 Å². The molecule has 34 heavy (non-hydrogen) atoms. The maximum Gasteiger partial charge on any atom is 0.270 e. The largest absolute Gasteiger partial charge is 0.492 e. The Hall–Kier alpha value is -3.14. The fourth-order valence-corrected chi connectivity index (χ4v) is 4.84. The smallest absolute Gasteiger partial charge is 0.270 e. The predicted molar refractivity (Wildman–Crippen MR) is 125 cm³/mol. The number of hydrogen-bond acceptors (Lipinski definition) is 6. The normalized spacial score (nSPS) is 22.3. The van der Waals surface area contributed by atoms with Gasteiger partial charge in [-0.3, -0.25) is 19.0 Å². The lowest BCUT2D eigenvalue weighted by atomic mass is 10.1. The Kier molecular flexibility index (Phi) is 5.71. The predicted octanol–water partition coefficient (Wildman–Crippen LogP) is 1.46. The van der Waals surface area contributed by atoms with Gasteiger partial charge in [-0.05, 0) is 44.6 Å². The minimum atomic E-state index is -0.591. The van der Waals surface area contributed by atoms with E-state index in [2.05, 4.69) is 10.4 Å². The molecule has 3 aliphatic rings. The van der Waals surface area contributed by atoms with Crippen molar-refractivity contribution in [1.29, 1.82) is 0 Å². The Bertz CT molecular complexity index is 1230. The number of aromatic nitrogens is 3. The summed E-state index contributed by atoms with van der Waals surface area (Å²) in [7, 11) is 0. The molecule has 2 aliphatic heterocycles. The highest BCUT2D eigenvalue weighted by atomic mass is 16.5. The zero-order valence-electron chi connectivity index (χ0n) is 19.8. The second-order valence-electron chi connectivity index (χ2n) is 10.0. The lowest BCUT2D eigenvalue weighted by Gasteiger charge is -2.31. The summed E-state index contributed by atoms with van der Waals surface area (Å²) in [4.78, 5) is 40.8. The first-order valence-corrected chi connectivity index (χ1v) is 12.0. The summed E-state index contributed by atoms with van der Waals surface area (Å²) < 4.78 is 8.53. The highest BCUT2D eigenvalue weighted by Gasteiger charge is 2.35. The van der Waals surface area contributed by atoms with Crippen molar-refractivity contribution >= 4 is 23.5 Å². The molecular weight excluding hydrogens is 438 g/mol. The number of nitrogens with one attached hydrogen (secondary N) is 1. The van der Waals surface area contributed by atoms with Crippen LogP contribution in [0.3, 0.4) is 0 Å². The van der Waals surface area contributed by atoms with Crippen molar-refractivity contribution in [2.45, 2.75) is 71.2 Å². The van der Waals surface area contributed by atoms with Crippen LogP contribution in [0, 0.1) is 12.8 Å². The highest BCUT2D eigenvalue weighted by Crippen LogP contribution is 2.28. The van der Waals surface area contributed by atoms with Gasteiger partial charge in [0.05, 0.1) is 17.9 Å². The summed E-state index contributed by atoms with van der Waals surface area (Å²) in [6.07, 6.45) is 7.02. The van der Waals surface area contributed by atoms with Gasteiger partial charge >= 0.3 is 0 Å². The third kappa shape index (κ3) is 4.11. The Morgan fingerprint density at radius 3 is 2.50 bits per heavy atom. The summed E-state index contributed by atoms with van der Waals surface area (Å²) in [5, 5.41) is 18.1. The second kappa shape index (κ2) is 8.57. The minimum Gasteiger partial charge on any atom is -0.492 e. The Morgan fingerprint density at radius 2 is 1.88 bits per heavy atom. The van der Waals surface area contributed by atoms with Gasteiger partial charge in [0.1, 0.15) is 5.65 Å². The summed E-state index contributed by atoms with van der Waals surface area (Å²) in [6.45, 7) is 7.17. The summed E-state index contributed by atoms with van der Waals surface area (Å²) in [5.41, 5.74) is 0.591. The van der Waals surface area contributed by atoms with Crippen molar-refractivity contribution in [2.24, 2.45) is 5.92 Å². The zero-order valence-corrected chi connectivity index (χ0v) is 19.8. The van der Waals surface area contributed by atoms with Crippen molar-refractivity contribution in [3.63, 3.8) is 0 Å². The van der Waals surface area contributed by atoms with Gasteiger partial charge in [-0.25, -0.2) is 0 Å². The van der Waals surface area contributed by atoms with Crippen LogP contribution < -0.4 is 10.9 Å². The number of aromatic hydroxyl groups is 1. The van der Waals surface area contributed by atoms with Gasteiger partial charge in [-0.1, -0.05) is 13.8 Å². The van der Waals surface area contributed by atoms with Crippen LogP contribution in [0.1, 0.15) is 61.1 Å². The van der Waals surface area contributed by atoms with Gasteiger partial charge in [0.2, 0.25) is 11.8 Å². The number of aryl methyl sites for hydroxylation is 1. The van der Waals surface area contributed by atoms with Gasteiger partial charge in [0, 0.05) is 37.3 Å². The van der Waals surface area contributed by atoms with Crippen molar-refractivity contribution in [3.05, 3.63) is 33.3 Å². The third-order valence-electron chi connectivity index (χ3n) is 6.66. The van der Waals surface area contributed by atoms with Crippen molar-refractivity contribution < 1.29 is 19.4 Å². The molecule has 0 radical (unpaired) electrons. The van der Waals surface area contributed by atoms with Gasteiger partial charge in [-0.2, -0.15) is 9.61 Å². The summed E-state index contributed by atoms with van der Waals surface area (Å²) in [5.74, 6) is -1.10. The number of rotatable bonds is 6. The molecule has 2 aromatic heterocycles. The molecule has 2 N–H and O–H groups in total. The first-order valence-electron chi connectivity index (χ1n) is 12.0. The van der Waals surface area contributed by atoms with E-state index in [4.69, 9.17) is 4.74 Å². The molecule has 2 unspecified atom stereocenters. The van der Waals surface area contributed by atoms with E-state index in [1.165, 1.54) is 15.2 Å². The van der Waals surface area contributed by atoms with Crippen LogP contribution in [0.2, 0.25) is 0 Å². The van der Waals surface area contributed by atoms with E-state index >= 15 is 0 Å². The number of fused-ring (bicyclic) bond motifs is 3. The number of likely N-dealkylation sites (tertiary alicyclic amines) is 1. The van der Waals surface area contributed by atoms with Gasteiger partial charge in [-0.15, -0.1) is 0 Å². The molecular formula is C24H31N5O5. The van der Waals surface area contributed by atoms with Gasteiger partial charge in [0.15, 0.2) is 5.56 Å². The molecule has 1 saturated carbocycles. The van der Waals surface area contributed by atoms with E-state index in [1.807, 2.05) is 13.8 Å². The molecule has 4 heterocycles. The van der Waals surface area contributed by atoms with E-state index in [9.17, 15) is 19.5 Å². The Balaban J connectivity index is 1.55. The number of carbonyl (C=O) groups excluding carboxylic acids is 2. The van der Waals surface area contributed by atoms with Crippen LogP contribution in [0.4, 0.5) is 0 Å². The van der Waals surface area contributed by atoms with Gasteiger partial charge < -0.3 is 20.1 Å². The Labute approximate surface area is 197 Å². The van der Waals surface area contributed by atoms with Crippen LogP contribution in [0.25, 0.3) is 11.7 Å². The van der Waals surface area contributed by atoms with Crippen LogP contribution >= 0.6 is 0 Å². The summed E-state index contributed by atoms with van der Waals surface area (Å²) in [6, 6.07) is 0.0415. The SMILES string of the molecule is Cc1nn2c(O)c(C(=O)NC3CC3)c(=O)n(CC(C)C)c2c1/C=C/C(=O)N1CC2CCC(C1)O2. The molecule has 5 rings (SSSR count). The molecule has 2 aromatic rings. The molecule has 2 atom stereocenters. The topological polar surface area (TPSA) is 118 Å². The molecule has 10 nitrogen and oxygen atoms in total. The maximum atomic E-state index is 13.4. The van der Waals surface area contributed by atoms with Crippen LogP contribution in [-0.2, 0) is 16.1 Å². The molecule has 2 saturated heterocycles. The van der Waals surface area contributed by atoms with Crippen LogP contribution in [0.15, 0.2) is 10.9 Å². The van der Waals surface area contributed by atoms with Crippen LogP contribution in [0.5, 0.6) is 5.88 Å². The standard InChI is InChI=1S/C24H31N5O5/c1-13(2)10-28-22-18(8-9-19(30)27-11-16-6-7-17(12-27)34-16)14(3)26-29(22)24(33)20(23(28)32)21(31)25-15-4-5-15/h8-9,13,15-17,33H,4-7,10-12H2,1-3H3,(H,25,31)/b9-8+. The van der Waals surface area contributed by atoms with Crippen molar-refractivity contribution in [2.75, 3.05) is 13.1 Å². The molecule has 10 heteroatoms. The number of nitrogens with zero attached hydrogens (tertiary/aromatic N) is 4. The number of carbonyl (C=O) groups is 2. The molecule has 1 aliphatic carbocycles. The fraction of sp³-hybridized carbons (Fsp3) is 0.583. The van der Waals surface area contributed by atoms with E-state index in [0.29, 0.717) is 36.5 Å². The van der Waals surface area contributed by atoms with E-state index in [0.717, 1.165) is 25.7 Å². The van der Waals surface area contributed by atoms with E-state index < -0.39 is 17.3 Å². The maximum absolute atomic E-state index is 13.4. The van der Waals surface area contributed by atoms with Crippen LogP contribution in [-0.4, -0.2) is 67.3 Å².